The third-order valence-corrected chi connectivity index (χ3v) is 15.8. The van der Waals surface area contributed by atoms with Crippen LogP contribution in [0.5, 0.6) is 0 Å². The molecule has 7 aromatic rings. The Hall–Kier alpha value is -7.92. The first-order chi connectivity index (χ1) is 42.7. The number of hydrogen-bond donors (Lipinski definition) is 9. The maximum absolute atomic E-state index is 17.0. The van der Waals surface area contributed by atoms with E-state index in [2.05, 4.69) is 106 Å². The van der Waals surface area contributed by atoms with Gasteiger partial charge in [0.2, 0.25) is 0 Å². The molecule has 474 valence electrons. The summed E-state index contributed by atoms with van der Waals surface area (Å²) < 4.78 is 132. The highest BCUT2D eigenvalue weighted by Gasteiger charge is 2.37. The van der Waals surface area contributed by atoms with Crippen LogP contribution in [0.1, 0.15) is 158 Å². The molecule has 88 heavy (non-hydrogen) atoms. The zero-order chi connectivity index (χ0) is 62.8. The lowest BCUT2D eigenvalue weighted by Crippen LogP contribution is -2.17. The van der Waals surface area contributed by atoms with E-state index >= 15 is 35.1 Å². The number of aromatic amines is 1. The van der Waals surface area contributed by atoms with Gasteiger partial charge in [-0.25, -0.2) is 69.7 Å². The van der Waals surface area contributed by atoms with Crippen LogP contribution in [0.4, 0.5) is 74.9 Å². The molecule has 16 nitrogen and oxygen atoms in total. The van der Waals surface area contributed by atoms with Crippen molar-refractivity contribution in [3.05, 3.63) is 52.6 Å². The van der Waals surface area contributed by atoms with E-state index in [1.807, 2.05) is 13.0 Å². The molecular weight excluding hydrogens is 1140 g/mol. The van der Waals surface area contributed by atoms with Crippen molar-refractivity contribution >= 4 is 83.9 Å². The summed E-state index contributed by atoms with van der Waals surface area (Å²) in [6.07, 6.45) is 12.8. The molecule has 0 atom stereocenters. The molecule has 0 saturated heterocycles. The second-order valence-electron chi connectivity index (χ2n) is 22.4. The fourth-order valence-electron chi connectivity index (χ4n) is 11.0. The third kappa shape index (κ3) is 12.6. The predicted molar refractivity (Wildman–Crippen MR) is 342 cm³/mol. The van der Waals surface area contributed by atoms with Gasteiger partial charge in [0, 0.05) is 57.9 Å². The minimum absolute atomic E-state index is 0.00768. The highest BCUT2D eigenvalue weighted by atomic mass is 19.2. The predicted octanol–water partition coefficient (Wildman–Crippen LogP) is 17.3. The van der Waals surface area contributed by atoms with E-state index in [9.17, 15) is 0 Å². The van der Waals surface area contributed by atoms with Crippen molar-refractivity contribution in [2.75, 3.05) is 95.0 Å². The summed E-state index contributed by atoms with van der Waals surface area (Å²) in [6, 6.07) is 1.85. The van der Waals surface area contributed by atoms with Gasteiger partial charge in [-0.05, 0) is 57.4 Å². The first kappa shape index (κ1) is 64.6. The molecule has 24 heteroatoms. The Labute approximate surface area is 508 Å². The van der Waals surface area contributed by atoms with Crippen LogP contribution in [0.2, 0.25) is 0 Å². The molecule has 2 aliphatic rings. The summed E-state index contributed by atoms with van der Waals surface area (Å²) in [7, 11) is 0. The van der Waals surface area contributed by atoms with Crippen LogP contribution in [0, 0.1) is 46.5 Å². The molecule has 9 N–H and O–H groups in total. The Morgan fingerprint density at radius 1 is 0.330 bits per heavy atom. The summed E-state index contributed by atoms with van der Waals surface area (Å²) in [5.41, 5.74) is 5.65. The first-order valence-electron chi connectivity index (χ1n) is 31.7. The summed E-state index contributed by atoms with van der Waals surface area (Å²) in [5.74, 6) is -18.1. The van der Waals surface area contributed by atoms with Gasteiger partial charge in [-0.1, -0.05) is 107 Å². The molecule has 0 unspecified atom stereocenters. The summed E-state index contributed by atoms with van der Waals surface area (Å²) in [4.78, 5) is 32.4. The Bertz CT molecular complexity index is 3850. The zero-order valence-corrected chi connectivity index (χ0v) is 51.7. The van der Waals surface area contributed by atoms with Crippen molar-refractivity contribution in [3.8, 4) is 45.6 Å². The van der Waals surface area contributed by atoms with Gasteiger partial charge in [-0.3, -0.25) is 0 Å². The molecule has 0 spiro atoms. The molecular formula is C64H82F8N16. The first-order valence-corrected chi connectivity index (χ1v) is 31.7. The molecule has 0 aliphatic carbocycles. The quantitative estimate of drug-likeness (QED) is 0.00837. The van der Waals surface area contributed by atoms with Crippen LogP contribution in [0.3, 0.4) is 0 Å². The standard InChI is InChI=1S/C64H82F8N16/c1-9-17-25-73-35-33-34-36(52(75-27-19-11-3)51(35)74-26-18-10-2)58-81-57(34)82-59-37-38(44(66)48(70)47(69)43(37)65)60(83-59)84-61-39-40(46(68)50(72)49(71)45(39)67)62(85-61)87-64-42-41(63(86-58)88(64)80-32-24-16-8)53(76-28-20-12-4)55(78-30-22-14-6)56(79-31-23-15-7)54(42)77-29-21-13-5/h33,73-80H,9-32H2,1-8H3,(H,81,82,83,84,85,86,87). The van der Waals surface area contributed by atoms with Gasteiger partial charge in [-0.2, -0.15) is 0 Å². The van der Waals surface area contributed by atoms with Crippen LogP contribution >= 0.6 is 0 Å². The minimum atomic E-state index is -2.23. The van der Waals surface area contributed by atoms with Crippen molar-refractivity contribution in [2.24, 2.45) is 0 Å². The van der Waals surface area contributed by atoms with Crippen molar-refractivity contribution < 1.29 is 35.1 Å². The summed E-state index contributed by atoms with van der Waals surface area (Å²) >= 11 is 0. The topological polar surface area (TPSA) is 194 Å². The maximum Gasteiger partial charge on any atom is 0.198 e. The number of anilines is 7. The molecule has 0 fully saturated rings. The molecule has 2 aliphatic heterocycles. The minimum Gasteiger partial charge on any atom is -0.383 e. The summed E-state index contributed by atoms with van der Waals surface area (Å²) in [6.45, 7) is 20.6. The lowest BCUT2D eigenvalue weighted by Gasteiger charge is -2.24. The van der Waals surface area contributed by atoms with E-state index in [1.54, 1.807) is 4.68 Å². The lowest BCUT2D eigenvalue weighted by atomic mass is 10.0. The summed E-state index contributed by atoms with van der Waals surface area (Å²) in [5, 5.41) is 25.1. The molecule has 4 aromatic carbocycles. The number of nitrogens with zero attached hydrogens (tertiary/aromatic N) is 7. The fourth-order valence-corrected chi connectivity index (χ4v) is 11.0. The van der Waals surface area contributed by atoms with Gasteiger partial charge < -0.3 is 47.6 Å². The van der Waals surface area contributed by atoms with Gasteiger partial charge in [-0.15, -0.1) is 0 Å². The number of H-pyrrole nitrogens is 1. The second kappa shape index (κ2) is 29.4. The van der Waals surface area contributed by atoms with Crippen LogP contribution in [-0.4, -0.2) is 91.9 Å². The number of unbranched alkanes of at least 4 members (excludes halogenated alkanes) is 8. The van der Waals surface area contributed by atoms with Gasteiger partial charge >= 0.3 is 0 Å². The van der Waals surface area contributed by atoms with E-state index in [1.165, 1.54) is 0 Å². The highest BCUT2D eigenvalue weighted by molar-refractivity contribution is 6.25. The molecule has 0 saturated carbocycles. The number of fused-ring (bicyclic) bond motifs is 20. The number of aromatic nitrogens is 8. The Balaban J connectivity index is 1.64. The van der Waals surface area contributed by atoms with E-state index < -0.39 is 91.4 Å². The molecule has 0 radical (unpaired) electrons. The van der Waals surface area contributed by atoms with Crippen molar-refractivity contribution in [1.82, 2.24) is 39.6 Å². The normalized spacial score (nSPS) is 11.8. The monoisotopic (exact) mass is 1230 g/mol. The van der Waals surface area contributed by atoms with Gasteiger partial charge in [0.15, 0.2) is 81.1 Å². The van der Waals surface area contributed by atoms with Crippen molar-refractivity contribution in [3.63, 3.8) is 0 Å². The molecule has 3 aromatic heterocycles. The average molecular weight is 1230 g/mol. The van der Waals surface area contributed by atoms with Gasteiger partial charge in [0.1, 0.15) is 11.3 Å². The number of halogens is 8. The maximum atomic E-state index is 17.0. The van der Waals surface area contributed by atoms with Crippen LogP contribution in [-0.2, 0) is 0 Å². The lowest BCUT2D eigenvalue weighted by molar-refractivity contribution is 0.412. The number of rotatable bonds is 32. The second-order valence-corrected chi connectivity index (χ2v) is 22.4. The zero-order valence-electron chi connectivity index (χ0n) is 51.7. The third-order valence-electron chi connectivity index (χ3n) is 15.8. The number of nitrogens with one attached hydrogen (secondary N) is 9. The van der Waals surface area contributed by atoms with Crippen molar-refractivity contribution in [1.29, 1.82) is 0 Å². The van der Waals surface area contributed by atoms with E-state index in [0.717, 1.165) is 96.3 Å². The Kier molecular flexibility index (Phi) is 21.6. The Morgan fingerprint density at radius 3 is 1.11 bits per heavy atom. The SMILES string of the molecule is CCCCNc1cc2c(c(NCCCC)c1NCCCC)-c1nc-2nc2[nH]c(nc3nc(nc4c5c(NCCCC)c(NCCCC)c(NCCCC)c(NCCCC)c5c(n1)n4NCCCC)-c1c(F)c(F)c(F)c(F)c1-3)c1c(F)c(F)c(F)c(F)c21. The van der Waals surface area contributed by atoms with E-state index in [4.69, 9.17) is 19.9 Å². The largest absolute Gasteiger partial charge is 0.383 e. The van der Waals surface area contributed by atoms with Crippen LogP contribution < -0.4 is 42.6 Å². The number of benzene rings is 4. The van der Waals surface area contributed by atoms with Crippen molar-refractivity contribution in [2.45, 2.75) is 158 Å². The van der Waals surface area contributed by atoms with E-state index in [-0.39, 0.29) is 22.9 Å². The molecule has 8 bridgehead atoms. The van der Waals surface area contributed by atoms with Gasteiger partial charge in [0.25, 0.3) is 0 Å². The van der Waals surface area contributed by atoms with Crippen LogP contribution in [0.15, 0.2) is 6.07 Å². The molecule has 5 heterocycles. The van der Waals surface area contributed by atoms with Gasteiger partial charge in [0.05, 0.1) is 78.0 Å². The molecule has 9 rings (SSSR count). The molecule has 0 amide bonds. The fraction of sp³-hybridized carbons (Fsp3) is 0.500. The van der Waals surface area contributed by atoms with E-state index in [0.29, 0.717) is 120 Å². The Morgan fingerprint density at radius 2 is 0.670 bits per heavy atom. The number of hydrogen-bond acceptors (Lipinski definition) is 14. The highest BCUT2D eigenvalue weighted by Crippen LogP contribution is 2.52. The average Bonchev–Trinajstić information content (AvgIpc) is 2.03. The smallest absolute Gasteiger partial charge is 0.198 e. The van der Waals surface area contributed by atoms with Crippen LogP contribution in [0.25, 0.3) is 89.7 Å².